The lowest BCUT2D eigenvalue weighted by molar-refractivity contribution is -0.925. The number of carbonyl (C=O) groups is 2. The molecule has 3 rings (SSSR count). The lowest BCUT2D eigenvalue weighted by atomic mass is 9.80. The fraction of sp³-hybridized carbons (Fsp3) is 0.895. The van der Waals surface area contributed by atoms with Gasteiger partial charge in [0, 0.05) is 5.92 Å². The minimum Gasteiger partial charge on any atom is -1.00 e. The molecular weight excluding hydrogens is 433 g/mol. The van der Waals surface area contributed by atoms with Crippen molar-refractivity contribution in [3.63, 3.8) is 0 Å². The number of quaternary nitrogens is 1. The fourth-order valence-corrected chi connectivity index (χ4v) is 5.22. The zero-order valence-electron chi connectivity index (χ0n) is 15.7. The second kappa shape index (κ2) is 8.55. The molecular formula is C19H32INO4. The van der Waals surface area contributed by atoms with Crippen LogP contribution in [0.4, 0.5) is 0 Å². The highest BCUT2D eigenvalue weighted by Crippen LogP contribution is 2.57. The molecule has 5 unspecified atom stereocenters. The van der Waals surface area contributed by atoms with Gasteiger partial charge in [0.25, 0.3) is 0 Å². The number of carbonyl (C=O) groups excluding carboxylic acids is 2. The van der Waals surface area contributed by atoms with Crippen LogP contribution in [0.2, 0.25) is 0 Å². The van der Waals surface area contributed by atoms with Crippen molar-refractivity contribution >= 4 is 11.9 Å². The summed E-state index contributed by atoms with van der Waals surface area (Å²) in [5, 5.41) is 0. The molecule has 2 aliphatic carbocycles. The monoisotopic (exact) mass is 465 g/mol. The second-order valence-electron chi connectivity index (χ2n) is 7.86. The minimum absolute atomic E-state index is 0. The summed E-state index contributed by atoms with van der Waals surface area (Å²) >= 11 is 0. The molecule has 1 heterocycles. The van der Waals surface area contributed by atoms with Crippen LogP contribution in [0.3, 0.4) is 0 Å². The molecule has 1 saturated heterocycles. The largest absolute Gasteiger partial charge is 1.00 e. The molecule has 3 aliphatic rings. The van der Waals surface area contributed by atoms with Crippen LogP contribution in [-0.4, -0.2) is 55.3 Å². The number of esters is 2. The average Bonchev–Trinajstić information content (AvgIpc) is 3.20. The predicted molar refractivity (Wildman–Crippen MR) is 90.0 cm³/mol. The summed E-state index contributed by atoms with van der Waals surface area (Å²) in [7, 11) is 0. The van der Waals surface area contributed by atoms with Crippen molar-refractivity contribution in [2.45, 2.75) is 52.6 Å². The Morgan fingerprint density at radius 1 is 1.20 bits per heavy atom. The molecule has 25 heavy (non-hydrogen) atoms. The van der Waals surface area contributed by atoms with Crippen LogP contribution in [-0.2, 0) is 19.1 Å². The van der Waals surface area contributed by atoms with E-state index in [9.17, 15) is 9.59 Å². The summed E-state index contributed by atoms with van der Waals surface area (Å²) in [6.07, 6.45) is 4.29. The molecule has 0 radical (unpaired) electrons. The molecule has 3 fully saturated rings. The number of rotatable bonds is 9. The average molecular weight is 465 g/mol. The molecule has 2 saturated carbocycles. The summed E-state index contributed by atoms with van der Waals surface area (Å²) in [4.78, 5) is 24.6. The van der Waals surface area contributed by atoms with Crippen molar-refractivity contribution in [2.75, 3.05) is 32.8 Å². The molecule has 1 aliphatic heterocycles. The second-order valence-corrected chi connectivity index (χ2v) is 7.86. The number of hydrogen-bond acceptors (Lipinski definition) is 4. The zero-order chi connectivity index (χ0) is 17.3. The van der Waals surface area contributed by atoms with Crippen LogP contribution in [0, 0.1) is 23.7 Å². The first kappa shape index (κ1) is 20.9. The Kier molecular flexibility index (Phi) is 7.16. The number of nitrogens with zero attached hydrogens (tertiary/aromatic N) is 1. The third-order valence-corrected chi connectivity index (χ3v) is 6.89. The summed E-state index contributed by atoms with van der Waals surface area (Å²) in [5.41, 5.74) is 0. The van der Waals surface area contributed by atoms with Crippen molar-refractivity contribution in [1.29, 1.82) is 0 Å². The van der Waals surface area contributed by atoms with E-state index in [1.54, 1.807) is 0 Å². The maximum absolute atomic E-state index is 12.6. The van der Waals surface area contributed by atoms with Crippen LogP contribution in [0.1, 0.15) is 46.5 Å². The molecule has 5 nitrogen and oxygen atoms in total. The van der Waals surface area contributed by atoms with E-state index < -0.39 is 0 Å². The van der Waals surface area contributed by atoms with Crippen molar-refractivity contribution in [2.24, 2.45) is 23.7 Å². The van der Waals surface area contributed by atoms with Crippen LogP contribution < -0.4 is 24.0 Å². The summed E-state index contributed by atoms with van der Waals surface area (Å²) in [6, 6.07) is 0. The van der Waals surface area contributed by atoms with Crippen LogP contribution in [0.25, 0.3) is 0 Å². The zero-order valence-corrected chi connectivity index (χ0v) is 17.9. The first-order valence-electron chi connectivity index (χ1n) is 9.77. The Labute approximate surface area is 168 Å². The Balaban J connectivity index is 0.00000225. The van der Waals surface area contributed by atoms with Gasteiger partial charge >= 0.3 is 11.9 Å². The lowest BCUT2D eigenvalue weighted by Crippen LogP contribution is -3.00. The minimum atomic E-state index is -0.248. The molecule has 144 valence electrons. The maximum atomic E-state index is 12.6. The Morgan fingerprint density at radius 3 is 2.56 bits per heavy atom. The number of ether oxygens (including phenoxy) is 2. The van der Waals surface area contributed by atoms with Gasteiger partial charge < -0.3 is 37.9 Å². The van der Waals surface area contributed by atoms with Gasteiger partial charge in [0.15, 0.2) is 0 Å². The fourth-order valence-electron chi connectivity index (χ4n) is 5.22. The van der Waals surface area contributed by atoms with Gasteiger partial charge in [-0.15, -0.1) is 0 Å². The summed E-state index contributed by atoms with van der Waals surface area (Å²) < 4.78 is 12.1. The van der Waals surface area contributed by atoms with Gasteiger partial charge in [0.1, 0.15) is 19.3 Å². The van der Waals surface area contributed by atoms with E-state index in [0.29, 0.717) is 12.5 Å². The van der Waals surface area contributed by atoms with Crippen molar-refractivity contribution in [1.82, 2.24) is 0 Å². The molecule has 0 spiro atoms. The lowest BCUT2D eigenvalue weighted by Gasteiger charge is -2.37. The molecule has 0 amide bonds. The van der Waals surface area contributed by atoms with E-state index in [1.807, 2.05) is 0 Å². The van der Waals surface area contributed by atoms with Gasteiger partial charge in [-0.1, -0.05) is 13.3 Å². The number of halogens is 1. The van der Waals surface area contributed by atoms with Crippen LogP contribution >= 0.6 is 0 Å². The quantitative estimate of drug-likeness (QED) is 0.259. The Morgan fingerprint density at radius 2 is 1.92 bits per heavy atom. The highest BCUT2D eigenvalue weighted by Gasteiger charge is 2.64. The summed E-state index contributed by atoms with van der Waals surface area (Å²) in [6.45, 7) is 11.3. The number of likely N-dealkylation sites (N-methyl/N-ethyl adjacent to an activating group) is 1. The van der Waals surface area contributed by atoms with Gasteiger partial charge in [0.2, 0.25) is 0 Å². The van der Waals surface area contributed by atoms with E-state index in [2.05, 4.69) is 20.8 Å². The smallest absolute Gasteiger partial charge is 0.310 e. The van der Waals surface area contributed by atoms with E-state index >= 15 is 0 Å². The SMILES string of the molecule is CCCC[N+](CC)(CC)CCOC(=O)C1C2CC3OC(=O)C1C3C2.[I-]. The van der Waals surface area contributed by atoms with Crippen molar-refractivity contribution < 1.29 is 47.5 Å². The predicted octanol–water partition coefficient (Wildman–Crippen LogP) is -0.612. The van der Waals surface area contributed by atoms with Gasteiger partial charge in [-0.25, -0.2) is 0 Å². The van der Waals surface area contributed by atoms with E-state index in [1.165, 1.54) is 12.8 Å². The topological polar surface area (TPSA) is 52.6 Å². The molecule has 2 bridgehead atoms. The maximum Gasteiger partial charge on any atom is 0.310 e. The first-order chi connectivity index (χ1) is 11.5. The third kappa shape index (κ3) is 3.84. The number of hydrogen-bond donors (Lipinski definition) is 0. The third-order valence-electron chi connectivity index (χ3n) is 6.89. The van der Waals surface area contributed by atoms with Gasteiger partial charge in [0.05, 0.1) is 31.5 Å². The van der Waals surface area contributed by atoms with Gasteiger partial charge in [-0.2, -0.15) is 0 Å². The normalized spacial score (nSPS) is 32.4. The molecule has 0 N–H and O–H groups in total. The van der Waals surface area contributed by atoms with E-state index in [0.717, 1.165) is 43.5 Å². The van der Waals surface area contributed by atoms with Crippen LogP contribution in [0.15, 0.2) is 0 Å². The molecule has 5 atom stereocenters. The summed E-state index contributed by atoms with van der Waals surface area (Å²) in [5.74, 6) is -0.237. The van der Waals surface area contributed by atoms with Crippen molar-refractivity contribution in [3.8, 4) is 0 Å². The molecule has 0 aromatic carbocycles. The number of unbranched alkanes of at least 4 members (excludes halogenated alkanes) is 1. The number of fused-ring (bicyclic) bond motifs is 1. The first-order valence-corrected chi connectivity index (χ1v) is 9.77. The standard InChI is InChI=1S/C19H32NO4.HI/c1-4-7-8-20(5-2,6-3)9-10-23-18(21)16-13-11-14-15(12-13)24-19(22)17(14)16;/h13-17H,4-12H2,1-3H3;1H/q+1;/p-1. The Hall–Kier alpha value is -0.370. The van der Waals surface area contributed by atoms with Crippen LogP contribution in [0.5, 0.6) is 0 Å². The Bertz CT molecular complexity index is 492. The molecule has 0 aromatic rings. The van der Waals surface area contributed by atoms with E-state index in [-0.39, 0.29) is 59.8 Å². The van der Waals surface area contributed by atoms with Gasteiger partial charge in [-0.05, 0) is 39.0 Å². The molecule has 0 aromatic heterocycles. The highest BCUT2D eigenvalue weighted by atomic mass is 127. The highest BCUT2D eigenvalue weighted by molar-refractivity contribution is 5.85. The van der Waals surface area contributed by atoms with Crippen molar-refractivity contribution in [3.05, 3.63) is 0 Å². The van der Waals surface area contributed by atoms with Gasteiger partial charge in [-0.3, -0.25) is 9.59 Å². The van der Waals surface area contributed by atoms with E-state index in [4.69, 9.17) is 9.47 Å². The molecule has 6 heteroatoms.